The molecule has 0 saturated carbocycles. The lowest BCUT2D eigenvalue weighted by Gasteiger charge is -2.31. The van der Waals surface area contributed by atoms with E-state index in [2.05, 4.69) is 4.98 Å². The first-order chi connectivity index (χ1) is 8.45. The lowest BCUT2D eigenvalue weighted by atomic mass is 9.93. The highest BCUT2D eigenvalue weighted by Crippen LogP contribution is 2.23. The van der Waals surface area contributed by atoms with Crippen LogP contribution in [-0.2, 0) is 16.4 Å². The molecule has 6 heteroatoms. The number of nitrogens with zero attached hydrogens (tertiary/aromatic N) is 2. The molecule has 2 rings (SSSR count). The second-order valence-corrected chi connectivity index (χ2v) is 7.19. The van der Waals surface area contributed by atoms with Crippen LogP contribution in [0.25, 0.3) is 0 Å². The minimum atomic E-state index is -3.06. The van der Waals surface area contributed by atoms with E-state index in [4.69, 9.17) is 11.6 Å². The second kappa shape index (κ2) is 5.55. The van der Waals surface area contributed by atoms with Gasteiger partial charge >= 0.3 is 0 Å². The van der Waals surface area contributed by atoms with E-state index in [1.54, 1.807) is 10.5 Å². The second-order valence-electron chi connectivity index (χ2n) is 4.82. The Hall–Kier alpha value is -0.650. The summed E-state index contributed by atoms with van der Waals surface area (Å²) in [6.45, 7) is 1.26. The molecule has 0 amide bonds. The molecule has 4 nitrogen and oxygen atoms in total. The average Bonchev–Trinajstić information content (AvgIpc) is 2.28. The van der Waals surface area contributed by atoms with Crippen LogP contribution < -0.4 is 0 Å². The molecule has 0 spiro atoms. The van der Waals surface area contributed by atoms with E-state index in [-0.39, 0.29) is 0 Å². The fraction of sp³-hybridized carbons (Fsp3) is 0.583. The summed E-state index contributed by atoms with van der Waals surface area (Å²) < 4.78 is 24.6. The summed E-state index contributed by atoms with van der Waals surface area (Å²) in [6, 6.07) is 3.78. The SMILES string of the molecule is CS(=O)(=O)N1CCC[C@@H](Cc2ccnc(Cl)c2)C1. The largest absolute Gasteiger partial charge is 0.245 e. The lowest BCUT2D eigenvalue weighted by molar-refractivity contribution is 0.267. The van der Waals surface area contributed by atoms with Crippen LogP contribution >= 0.6 is 11.6 Å². The molecule has 0 radical (unpaired) electrons. The summed E-state index contributed by atoms with van der Waals surface area (Å²) in [7, 11) is -3.06. The van der Waals surface area contributed by atoms with E-state index in [1.165, 1.54) is 6.26 Å². The van der Waals surface area contributed by atoms with Crippen LogP contribution in [0.4, 0.5) is 0 Å². The van der Waals surface area contributed by atoms with E-state index in [1.807, 2.05) is 12.1 Å². The molecule has 1 aliphatic rings. The number of piperidine rings is 1. The maximum atomic E-state index is 11.5. The van der Waals surface area contributed by atoms with Crippen molar-refractivity contribution in [1.29, 1.82) is 0 Å². The van der Waals surface area contributed by atoms with Crippen molar-refractivity contribution < 1.29 is 8.42 Å². The zero-order valence-electron chi connectivity index (χ0n) is 10.3. The van der Waals surface area contributed by atoms with Crippen LogP contribution in [0, 0.1) is 5.92 Å². The Morgan fingerprint density at radius 1 is 1.56 bits per heavy atom. The van der Waals surface area contributed by atoms with Crippen molar-refractivity contribution >= 4 is 21.6 Å². The van der Waals surface area contributed by atoms with Gasteiger partial charge in [-0.1, -0.05) is 11.6 Å². The van der Waals surface area contributed by atoms with Crippen LogP contribution in [0.1, 0.15) is 18.4 Å². The van der Waals surface area contributed by atoms with Crippen molar-refractivity contribution in [2.24, 2.45) is 5.92 Å². The quantitative estimate of drug-likeness (QED) is 0.799. The van der Waals surface area contributed by atoms with E-state index in [0.29, 0.717) is 24.2 Å². The molecule has 1 fully saturated rings. The molecular weight excluding hydrogens is 272 g/mol. The molecule has 0 bridgehead atoms. The number of rotatable bonds is 3. The zero-order valence-corrected chi connectivity index (χ0v) is 11.9. The average molecular weight is 289 g/mol. The van der Waals surface area contributed by atoms with Gasteiger partial charge in [-0.25, -0.2) is 17.7 Å². The van der Waals surface area contributed by atoms with Crippen LogP contribution in [-0.4, -0.2) is 37.1 Å². The van der Waals surface area contributed by atoms with Gasteiger partial charge < -0.3 is 0 Å². The van der Waals surface area contributed by atoms with Crippen LogP contribution in [0.3, 0.4) is 0 Å². The highest BCUT2D eigenvalue weighted by atomic mass is 35.5. The molecule has 1 aliphatic heterocycles. The molecule has 1 saturated heterocycles. The van der Waals surface area contributed by atoms with Crippen LogP contribution in [0.15, 0.2) is 18.3 Å². The normalized spacial score (nSPS) is 22.0. The van der Waals surface area contributed by atoms with Crippen molar-refractivity contribution in [2.75, 3.05) is 19.3 Å². The lowest BCUT2D eigenvalue weighted by Crippen LogP contribution is -2.39. The first kappa shape index (κ1) is 13.8. The van der Waals surface area contributed by atoms with Crippen LogP contribution in [0.5, 0.6) is 0 Å². The maximum Gasteiger partial charge on any atom is 0.211 e. The predicted molar refractivity (Wildman–Crippen MR) is 72.1 cm³/mol. The number of hydrogen-bond acceptors (Lipinski definition) is 3. The Morgan fingerprint density at radius 2 is 2.33 bits per heavy atom. The van der Waals surface area contributed by atoms with E-state index in [9.17, 15) is 8.42 Å². The third kappa shape index (κ3) is 3.67. The first-order valence-electron chi connectivity index (χ1n) is 6.01. The van der Waals surface area contributed by atoms with Crippen molar-refractivity contribution in [2.45, 2.75) is 19.3 Å². The van der Waals surface area contributed by atoms with Gasteiger partial charge in [-0.2, -0.15) is 0 Å². The molecule has 1 aromatic heterocycles. The number of pyridine rings is 1. The maximum absolute atomic E-state index is 11.5. The smallest absolute Gasteiger partial charge is 0.211 e. The Labute approximate surface area is 113 Å². The molecule has 100 valence electrons. The molecular formula is C12H17ClN2O2S. The van der Waals surface area contributed by atoms with Gasteiger partial charge in [0.15, 0.2) is 0 Å². The van der Waals surface area contributed by atoms with E-state index >= 15 is 0 Å². The third-order valence-electron chi connectivity index (χ3n) is 3.27. The van der Waals surface area contributed by atoms with Gasteiger partial charge in [0.05, 0.1) is 6.26 Å². The number of halogens is 1. The van der Waals surface area contributed by atoms with E-state index in [0.717, 1.165) is 24.8 Å². The Kier molecular flexibility index (Phi) is 4.25. The van der Waals surface area contributed by atoms with Crippen LogP contribution in [0.2, 0.25) is 5.15 Å². The summed E-state index contributed by atoms with van der Waals surface area (Å²) in [5.41, 5.74) is 1.12. The van der Waals surface area contributed by atoms with Crippen molar-refractivity contribution in [3.8, 4) is 0 Å². The van der Waals surface area contributed by atoms with Gasteiger partial charge in [0, 0.05) is 19.3 Å². The highest BCUT2D eigenvalue weighted by molar-refractivity contribution is 7.88. The van der Waals surface area contributed by atoms with Crippen molar-refractivity contribution in [1.82, 2.24) is 9.29 Å². The molecule has 0 aromatic carbocycles. The Balaban J connectivity index is 2.02. The molecule has 1 aromatic rings. The van der Waals surface area contributed by atoms with Gasteiger partial charge in [0.2, 0.25) is 10.0 Å². The topological polar surface area (TPSA) is 50.3 Å². The summed E-state index contributed by atoms with van der Waals surface area (Å²) in [5.74, 6) is 0.368. The fourth-order valence-corrected chi connectivity index (χ4v) is 3.54. The number of sulfonamides is 1. The van der Waals surface area contributed by atoms with Crippen molar-refractivity contribution in [3.63, 3.8) is 0 Å². The summed E-state index contributed by atoms with van der Waals surface area (Å²) in [6.07, 6.45) is 5.81. The van der Waals surface area contributed by atoms with Crippen molar-refractivity contribution in [3.05, 3.63) is 29.0 Å². The van der Waals surface area contributed by atoms with E-state index < -0.39 is 10.0 Å². The zero-order chi connectivity index (χ0) is 13.2. The number of hydrogen-bond donors (Lipinski definition) is 0. The van der Waals surface area contributed by atoms with Gasteiger partial charge in [-0.15, -0.1) is 0 Å². The number of aromatic nitrogens is 1. The molecule has 18 heavy (non-hydrogen) atoms. The minimum absolute atomic E-state index is 0.368. The Bertz CT molecular complexity index is 519. The Morgan fingerprint density at radius 3 is 3.00 bits per heavy atom. The first-order valence-corrected chi connectivity index (χ1v) is 8.23. The molecule has 0 N–H and O–H groups in total. The van der Waals surface area contributed by atoms with Gasteiger partial charge in [-0.05, 0) is 42.9 Å². The summed E-state index contributed by atoms with van der Waals surface area (Å²) >= 11 is 5.85. The predicted octanol–water partition coefficient (Wildman–Crippen LogP) is 1.95. The van der Waals surface area contributed by atoms with Gasteiger partial charge in [-0.3, -0.25) is 0 Å². The molecule has 0 unspecified atom stereocenters. The summed E-state index contributed by atoms with van der Waals surface area (Å²) in [5, 5.41) is 0.489. The molecule has 1 atom stereocenters. The standard InChI is InChI=1S/C12H17ClN2O2S/c1-18(16,17)15-6-2-3-11(9-15)7-10-4-5-14-12(13)8-10/h4-5,8,11H,2-3,6-7,9H2,1H3/t11-/m0/s1. The third-order valence-corrected chi connectivity index (χ3v) is 4.74. The van der Waals surface area contributed by atoms with Gasteiger partial charge in [0.1, 0.15) is 5.15 Å². The molecule has 2 heterocycles. The monoisotopic (exact) mass is 288 g/mol. The highest BCUT2D eigenvalue weighted by Gasteiger charge is 2.25. The molecule has 0 aliphatic carbocycles. The minimum Gasteiger partial charge on any atom is -0.245 e. The fourth-order valence-electron chi connectivity index (χ4n) is 2.40. The van der Waals surface area contributed by atoms with Gasteiger partial charge in [0.25, 0.3) is 0 Å². The summed E-state index contributed by atoms with van der Waals surface area (Å²) in [4.78, 5) is 3.95.